The van der Waals surface area contributed by atoms with Gasteiger partial charge < -0.3 is 16.4 Å². The minimum absolute atomic E-state index is 0.0249. The van der Waals surface area contributed by atoms with Gasteiger partial charge in [0.2, 0.25) is 5.91 Å². The zero-order chi connectivity index (χ0) is 27.8. The molecule has 8 nitrogen and oxygen atoms in total. The topological polar surface area (TPSA) is 116 Å². The van der Waals surface area contributed by atoms with Gasteiger partial charge in [0.1, 0.15) is 17.5 Å². The SMILES string of the molecule is C=CC(=O)N1CCC(N)CC1.Nc1ncccc1-c1nc2ccc(C3CC3)nc2n1-c1ccc2c(c1)CC(F)C2. The Balaban J connectivity index is 0.000000223. The van der Waals surface area contributed by atoms with E-state index in [0.29, 0.717) is 30.4 Å². The number of imidazole rings is 1. The first-order valence-corrected chi connectivity index (χ1v) is 13.9. The number of aromatic nitrogens is 4. The maximum Gasteiger partial charge on any atom is 0.245 e. The minimum atomic E-state index is -0.798. The van der Waals surface area contributed by atoms with Crippen LogP contribution in [0.5, 0.6) is 0 Å². The van der Waals surface area contributed by atoms with E-state index >= 15 is 0 Å². The van der Waals surface area contributed by atoms with E-state index in [4.69, 9.17) is 21.4 Å². The van der Waals surface area contributed by atoms with Crippen LogP contribution in [0.25, 0.3) is 28.2 Å². The molecule has 0 spiro atoms. The number of hydrogen-bond acceptors (Lipinski definition) is 6. The van der Waals surface area contributed by atoms with E-state index in [1.54, 1.807) is 11.1 Å². The number of likely N-dealkylation sites (tertiary alicyclic amines) is 1. The number of nitrogens with two attached hydrogens (primary N) is 2. The lowest BCUT2D eigenvalue weighted by molar-refractivity contribution is -0.126. The average molecular weight is 540 g/mol. The average Bonchev–Trinajstić information content (AvgIpc) is 3.65. The van der Waals surface area contributed by atoms with E-state index < -0.39 is 6.17 Å². The molecular formula is C31H34FN7O. The van der Waals surface area contributed by atoms with Crippen LogP contribution in [0.1, 0.15) is 48.4 Å². The zero-order valence-electron chi connectivity index (χ0n) is 22.5. The summed E-state index contributed by atoms with van der Waals surface area (Å²) in [6, 6.07) is 14.3. The van der Waals surface area contributed by atoms with Gasteiger partial charge in [0.05, 0.1) is 5.56 Å². The van der Waals surface area contributed by atoms with Gasteiger partial charge in [-0.3, -0.25) is 9.36 Å². The number of pyridine rings is 2. The monoisotopic (exact) mass is 539 g/mol. The molecule has 4 heterocycles. The summed E-state index contributed by atoms with van der Waals surface area (Å²) in [6.07, 6.45) is 7.39. The summed E-state index contributed by atoms with van der Waals surface area (Å²) < 4.78 is 16.0. The number of benzene rings is 1. The van der Waals surface area contributed by atoms with E-state index in [1.165, 1.54) is 18.9 Å². The van der Waals surface area contributed by atoms with Crippen molar-refractivity contribution in [2.45, 2.75) is 56.7 Å². The smallest absolute Gasteiger partial charge is 0.245 e. The number of piperidine rings is 1. The van der Waals surface area contributed by atoms with Crippen molar-refractivity contribution in [1.29, 1.82) is 0 Å². The number of fused-ring (bicyclic) bond motifs is 2. The van der Waals surface area contributed by atoms with Crippen LogP contribution in [-0.2, 0) is 17.6 Å². The summed E-state index contributed by atoms with van der Waals surface area (Å²) in [6.45, 7) is 5.00. The standard InChI is InChI=1S/C23H20FN5.C8H14N2O/c24-16-10-14-5-6-17(12-15(14)11-16)29-22(18-2-1-9-26-21(18)25)28-20-8-7-19(13-3-4-13)27-23(20)29;1-2-8(11)10-5-3-7(9)4-6-10/h1-2,5-9,12-13,16H,3-4,10-11H2,(H2,25,26);2,7H,1,3-6,9H2. The van der Waals surface area contributed by atoms with Crippen LogP contribution in [0.15, 0.2) is 61.3 Å². The van der Waals surface area contributed by atoms with Gasteiger partial charge in [0.25, 0.3) is 0 Å². The highest BCUT2D eigenvalue weighted by molar-refractivity contribution is 5.87. The molecule has 1 aromatic carbocycles. The maximum absolute atomic E-state index is 13.9. The van der Waals surface area contributed by atoms with Crippen molar-refractivity contribution in [3.05, 3.63) is 78.1 Å². The summed E-state index contributed by atoms with van der Waals surface area (Å²) in [4.78, 5) is 26.9. The molecule has 1 saturated heterocycles. The third-order valence-corrected chi connectivity index (χ3v) is 7.96. The number of alkyl halides is 1. The van der Waals surface area contributed by atoms with Gasteiger partial charge in [0, 0.05) is 55.5 Å². The molecular weight excluding hydrogens is 505 g/mol. The largest absolute Gasteiger partial charge is 0.383 e. The summed E-state index contributed by atoms with van der Waals surface area (Å²) in [5, 5.41) is 0. The van der Waals surface area contributed by atoms with Gasteiger partial charge in [-0.1, -0.05) is 12.6 Å². The van der Waals surface area contributed by atoms with Crippen LogP contribution >= 0.6 is 0 Å². The number of hydrogen-bond donors (Lipinski definition) is 2. The van der Waals surface area contributed by atoms with Crippen molar-refractivity contribution >= 4 is 22.9 Å². The molecule has 206 valence electrons. The molecule has 4 N–H and O–H groups in total. The molecule has 2 aliphatic carbocycles. The van der Waals surface area contributed by atoms with Crippen molar-refractivity contribution in [3.8, 4) is 17.1 Å². The summed E-state index contributed by atoms with van der Waals surface area (Å²) in [5.41, 5.74) is 18.4. The fourth-order valence-electron chi connectivity index (χ4n) is 5.55. The van der Waals surface area contributed by atoms with E-state index in [0.717, 1.165) is 65.2 Å². The number of carbonyl (C=O) groups excluding carboxylic acids is 1. The number of carbonyl (C=O) groups is 1. The Morgan fingerprint density at radius 2 is 1.80 bits per heavy atom. The highest BCUT2D eigenvalue weighted by Gasteiger charge is 2.27. The van der Waals surface area contributed by atoms with Gasteiger partial charge in [-0.15, -0.1) is 0 Å². The zero-order valence-corrected chi connectivity index (χ0v) is 22.5. The molecule has 1 atom stereocenters. The molecule has 7 rings (SSSR count). The summed E-state index contributed by atoms with van der Waals surface area (Å²) in [7, 11) is 0. The molecule has 1 unspecified atom stereocenters. The van der Waals surface area contributed by atoms with Crippen molar-refractivity contribution < 1.29 is 9.18 Å². The predicted molar refractivity (Wildman–Crippen MR) is 155 cm³/mol. The number of anilines is 1. The second kappa shape index (κ2) is 10.8. The molecule has 1 amide bonds. The fourth-order valence-corrected chi connectivity index (χ4v) is 5.55. The van der Waals surface area contributed by atoms with Crippen LogP contribution in [-0.4, -0.2) is 55.6 Å². The Morgan fingerprint density at radius 1 is 1.02 bits per heavy atom. The van der Waals surface area contributed by atoms with Crippen molar-refractivity contribution in [2.24, 2.45) is 5.73 Å². The van der Waals surface area contributed by atoms with Gasteiger partial charge in [0.15, 0.2) is 11.5 Å². The molecule has 2 fully saturated rings. The molecule has 9 heteroatoms. The molecule has 4 aromatic rings. The lowest BCUT2D eigenvalue weighted by atomic mass is 10.1. The van der Waals surface area contributed by atoms with E-state index in [2.05, 4.69) is 23.7 Å². The first kappa shape index (κ1) is 26.1. The Bertz CT molecular complexity index is 1570. The van der Waals surface area contributed by atoms with Crippen LogP contribution in [0.3, 0.4) is 0 Å². The molecule has 0 bridgehead atoms. The quantitative estimate of drug-likeness (QED) is 0.369. The third-order valence-electron chi connectivity index (χ3n) is 7.96. The van der Waals surface area contributed by atoms with Crippen molar-refractivity contribution in [1.82, 2.24) is 24.4 Å². The number of rotatable bonds is 4. The first-order valence-electron chi connectivity index (χ1n) is 13.9. The summed E-state index contributed by atoms with van der Waals surface area (Å²) in [5.74, 6) is 1.70. The van der Waals surface area contributed by atoms with Gasteiger partial charge in [-0.2, -0.15) is 0 Å². The molecule has 3 aromatic heterocycles. The van der Waals surface area contributed by atoms with Crippen molar-refractivity contribution in [2.75, 3.05) is 18.8 Å². The maximum atomic E-state index is 13.9. The number of nitrogen functional groups attached to an aromatic ring is 1. The predicted octanol–water partition coefficient (Wildman–Crippen LogP) is 4.50. The Kier molecular flexibility index (Phi) is 7.06. The second-order valence-electron chi connectivity index (χ2n) is 10.9. The Morgan fingerprint density at radius 3 is 2.52 bits per heavy atom. The van der Waals surface area contributed by atoms with E-state index in [-0.39, 0.29) is 11.9 Å². The lowest BCUT2D eigenvalue weighted by Gasteiger charge is -2.29. The normalized spacial score (nSPS) is 18.8. The molecule has 3 aliphatic rings. The highest BCUT2D eigenvalue weighted by Crippen LogP contribution is 2.40. The van der Waals surface area contributed by atoms with Crippen LogP contribution in [0.4, 0.5) is 10.2 Å². The van der Waals surface area contributed by atoms with Gasteiger partial charge in [-0.05, 0) is 79.3 Å². The number of nitrogens with zero attached hydrogens (tertiary/aromatic N) is 5. The van der Waals surface area contributed by atoms with Crippen LogP contribution in [0.2, 0.25) is 0 Å². The third kappa shape index (κ3) is 5.21. The van der Waals surface area contributed by atoms with Crippen molar-refractivity contribution in [3.63, 3.8) is 0 Å². The van der Waals surface area contributed by atoms with E-state index in [1.807, 2.05) is 34.9 Å². The molecule has 1 saturated carbocycles. The Hall–Kier alpha value is -4.11. The summed E-state index contributed by atoms with van der Waals surface area (Å²) >= 11 is 0. The van der Waals surface area contributed by atoms with Gasteiger partial charge in [-0.25, -0.2) is 19.3 Å². The second-order valence-corrected chi connectivity index (χ2v) is 10.9. The molecule has 40 heavy (non-hydrogen) atoms. The Labute approximate surface area is 232 Å². The van der Waals surface area contributed by atoms with Crippen LogP contribution < -0.4 is 11.5 Å². The first-order chi connectivity index (χ1) is 19.4. The number of halogens is 1. The minimum Gasteiger partial charge on any atom is -0.383 e. The molecule has 1 aliphatic heterocycles. The fraction of sp³-hybridized carbons (Fsp3) is 0.355. The molecule has 0 radical (unpaired) electrons. The lowest BCUT2D eigenvalue weighted by Crippen LogP contribution is -2.42. The highest BCUT2D eigenvalue weighted by atomic mass is 19.1. The van der Waals surface area contributed by atoms with Gasteiger partial charge >= 0.3 is 0 Å². The van der Waals surface area contributed by atoms with Crippen LogP contribution in [0, 0.1) is 0 Å². The number of amides is 1. The van der Waals surface area contributed by atoms with E-state index in [9.17, 15) is 9.18 Å².